The number of hydrogen-bond acceptors (Lipinski definition) is 6. The highest BCUT2D eigenvalue weighted by molar-refractivity contribution is 5.91. The maximum absolute atomic E-state index is 10.9. The molecule has 1 aromatic rings. The van der Waals surface area contributed by atoms with Gasteiger partial charge in [0, 0.05) is 6.07 Å². The van der Waals surface area contributed by atoms with E-state index < -0.39 is 27.3 Å². The molecule has 0 aliphatic carbocycles. The topological polar surface area (TPSA) is 153 Å². The summed E-state index contributed by atoms with van der Waals surface area (Å²) in [5.74, 6) is 4.78. The van der Waals surface area contributed by atoms with Gasteiger partial charge in [0.1, 0.15) is 5.69 Å². The Kier molecular flexibility index (Phi) is 3.51. The molecule has 0 atom stereocenters. The molecule has 0 spiro atoms. The maximum atomic E-state index is 10.9. The van der Waals surface area contributed by atoms with Crippen molar-refractivity contribution in [3.05, 3.63) is 38.4 Å². The van der Waals surface area contributed by atoms with Gasteiger partial charge < -0.3 is 5.32 Å². The van der Waals surface area contributed by atoms with Crippen LogP contribution in [-0.4, -0.2) is 15.9 Å². The van der Waals surface area contributed by atoms with Crippen LogP contribution in [0.5, 0.6) is 0 Å². The van der Waals surface area contributed by atoms with Gasteiger partial charge in [0.15, 0.2) is 0 Å². The van der Waals surface area contributed by atoms with Gasteiger partial charge in [-0.1, -0.05) is 0 Å². The number of non-ortho nitro benzene ring substituents is 1. The zero-order valence-corrected chi connectivity index (χ0v) is 8.25. The summed E-state index contributed by atoms with van der Waals surface area (Å²) < 4.78 is 0. The van der Waals surface area contributed by atoms with E-state index in [1.165, 1.54) is 0 Å². The fourth-order valence-electron chi connectivity index (χ4n) is 1.05. The third-order valence-corrected chi connectivity index (χ3v) is 1.77. The number of nitrogens with two attached hydrogens (primary N) is 1. The lowest BCUT2D eigenvalue weighted by molar-refractivity contribution is -0.393. The Labute approximate surface area is 93.7 Å². The van der Waals surface area contributed by atoms with E-state index in [0.29, 0.717) is 0 Å². The van der Waals surface area contributed by atoms with Crippen LogP contribution < -0.4 is 16.6 Å². The average Bonchev–Trinajstić information content (AvgIpc) is 2.28. The molecule has 0 aromatic heterocycles. The van der Waals surface area contributed by atoms with Crippen LogP contribution in [0.3, 0.4) is 0 Å². The number of nitrogens with zero attached hydrogens (tertiary/aromatic N) is 2. The fraction of sp³-hybridized carbons (Fsp3) is 0. The molecule has 90 valence electrons. The first kappa shape index (κ1) is 12.3. The minimum atomic E-state index is -0.873. The second-order valence-corrected chi connectivity index (χ2v) is 2.81. The molecule has 0 saturated heterocycles. The number of nitro groups is 2. The number of nitro benzene ring substituents is 2. The van der Waals surface area contributed by atoms with Gasteiger partial charge in [-0.2, -0.15) is 0 Å². The van der Waals surface area contributed by atoms with Crippen LogP contribution in [0.4, 0.5) is 21.9 Å². The monoisotopic (exact) mass is 241 g/mol. The van der Waals surface area contributed by atoms with Crippen molar-refractivity contribution >= 4 is 23.1 Å². The van der Waals surface area contributed by atoms with Gasteiger partial charge in [0.25, 0.3) is 11.4 Å². The van der Waals surface area contributed by atoms with Gasteiger partial charge >= 0.3 is 6.03 Å². The summed E-state index contributed by atoms with van der Waals surface area (Å²) in [6.45, 7) is 0. The molecule has 0 heterocycles. The molecule has 2 amide bonds. The molecule has 1 rings (SSSR count). The minimum absolute atomic E-state index is 0.191. The molecule has 4 N–H and O–H groups in total. The lowest BCUT2D eigenvalue weighted by Gasteiger charge is -2.04. The van der Waals surface area contributed by atoms with Crippen molar-refractivity contribution < 1.29 is 14.6 Å². The number of benzene rings is 1. The Morgan fingerprint density at radius 3 is 2.35 bits per heavy atom. The van der Waals surface area contributed by atoms with Gasteiger partial charge in [0.05, 0.1) is 15.9 Å². The zero-order valence-electron chi connectivity index (χ0n) is 8.25. The van der Waals surface area contributed by atoms with Crippen LogP contribution in [-0.2, 0) is 0 Å². The van der Waals surface area contributed by atoms with E-state index in [4.69, 9.17) is 5.84 Å². The largest absolute Gasteiger partial charge is 0.333 e. The van der Waals surface area contributed by atoms with Gasteiger partial charge in [-0.25, -0.2) is 10.6 Å². The first-order valence-corrected chi connectivity index (χ1v) is 4.16. The average molecular weight is 241 g/mol. The Morgan fingerprint density at radius 2 is 1.88 bits per heavy atom. The number of carbonyl (C=O) groups is 1. The van der Waals surface area contributed by atoms with Crippen LogP contribution in [0.25, 0.3) is 0 Å². The molecule has 0 saturated carbocycles. The van der Waals surface area contributed by atoms with Crippen LogP contribution in [0.15, 0.2) is 18.2 Å². The normalized spacial score (nSPS) is 9.47. The summed E-state index contributed by atoms with van der Waals surface area (Å²) in [5, 5.41) is 23.1. The third kappa shape index (κ3) is 2.85. The first-order chi connectivity index (χ1) is 7.95. The quantitative estimate of drug-likeness (QED) is 0.303. The summed E-state index contributed by atoms with van der Waals surface area (Å²) >= 11 is 0. The molecular formula is C7H7N5O5. The summed E-state index contributed by atoms with van der Waals surface area (Å²) in [7, 11) is 0. The molecular weight excluding hydrogens is 234 g/mol. The van der Waals surface area contributed by atoms with Crippen molar-refractivity contribution in [1.29, 1.82) is 0 Å². The summed E-state index contributed by atoms with van der Waals surface area (Å²) in [4.78, 5) is 30.3. The van der Waals surface area contributed by atoms with Crippen LogP contribution in [0, 0.1) is 20.2 Å². The number of hydrogen-bond donors (Lipinski definition) is 3. The van der Waals surface area contributed by atoms with E-state index in [1.54, 1.807) is 5.43 Å². The molecule has 0 aliphatic rings. The number of urea groups is 1. The molecule has 1 aromatic carbocycles. The van der Waals surface area contributed by atoms with Crippen molar-refractivity contribution in [2.45, 2.75) is 0 Å². The van der Waals surface area contributed by atoms with Crippen molar-refractivity contribution in [2.75, 3.05) is 5.32 Å². The predicted molar refractivity (Wildman–Crippen MR) is 56.1 cm³/mol. The Morgan fingerprint density at radius 1 is 1.24 bits per heavy atom. The number of hydrazine groups is 1. The highest BCUT2D eigenvalue weighted by atomic mass is 16.6. The number of rotatable bonds is 3. The lowest BCUT2D eigenvalue weighted by Crippen LogP contribution is -2.34. The zero-order chi connectivity index (χ0) is 13.0. The van der Waals surface area contributed by atoms with Gasteiger partial charge in [-0.15, -0.1) is 0 Å². The highest BCUT2D eigenvalue weighted by Gasteiger charge is 2.20. The van der Waals surface area contributed by atoms with E-state index in [9.17, 15) is 25.0 Å². The summed E-state index contributed by atoms with van der Waals surface area (Å²) in [6, 6.07) is 1.94. The maximum Gasteiger partial charge on any atom is 0.333 e. The van der Waals surface area contributed by atoms with Gasteiger partial charge in [-0.3, -0.25) is 25.7 Å². The molecule has 0 unspecified atom stereocenters. The standard InChI is InChI=1S/C7H7N5O5/c8-10-7(13)9-5-2-1-4(11(14)15)3-6(5)12(16)17/h1-3H,8H2,(H2,9,10,13). The second-order valence-electron chi connectivity index (χ2n) is 2.81. The predicted octanol–water partition coefficient (Wildman–Crippen LogP) is 0.498. The van der Waals surface area contributed by atoms with E-state index in [0.717, 1.165) is 18.2 Å². The lowest BCUT2D eigenvalue weighted by atomic mass is 10.2. The van der Waals surface area contributed by atoms with E-state index in [-0.39, 0.29) is 5.69 Å². The van der Waals surface area contributed by atoms with Gasteiger partial charge in [-0.05, 0) is 6.07 Å². The molecule has 0 fully saturated rings. The highest BCUT2D eigenvalue weighted by Crippen LogP contribution is 2.28. The molecule has 0 radical (unpaired) electrons. The fourth-order valence-corrected chi connectivity index (χ4v) is 1.05. The Bertz CT molecular complexity index is 488. The van der Waals surface area contributed by atoms with Crippen LogP contribution >= 0.6 is 0 Å². The molecule has 17 heavy (non-hydrogen) atoms. The van der Waals surface area contributed by atoms with E-state index in [2.05, 4.69) is 5.32 Å². The number of carbonyl (C=O) groups excluding carboxylic acids is 1. The van der Waals surface area contributed by atoms with Crippen molar-refractivity contribution in [1.82, 2.24) is 5.43 Å². The van der Waals surface area contributed by atoms with Crippen molar-refractivity contribution in [2.24, 2.45) is 5.84 Å². The minimum Gasteiger partial charge on any atom is -0.301 e. The smallest absolute Gasteiger partial charge is 0.301 e. The molecule has 10 nitrogen and oxygen atoms in total. The van der Waals surface area contributed by atoms with E-state index in [1.807, 2.05) is 0 Å². The molecule has 0 aliphatic heterocycles. The Hall–Kier alpha value is -2.75. The molecule has 0 bridgehead atoms. The van der Waals surface area contributed by atoms with E-state index >= 15 is 0 Å². The number of nitrogens with one attached hydrogen (secondary N) is 2. The van der Waals surface area contributed by atoms with Crippen molar-refractivity contribution in [3.8, 4) is 0 Å². The molecule has 10 heteroatoms. The van der Waals surface area contributed by atoms with Crippen molar-refractivity contribution in [3.63, 3.8) is 0 Å². The van der Waals surface area contributed by atoms with Crippen LogP contribution in [0.2, 0.25) is 0 Å². The summed E-state index contributed by atoms with van der Waals surface area (Å²) in [5.41, 5.74) is 0.476. The number of amides is 2. The SMILES string of the molecule is NNC(=O)Nc1ccc([N+](=O)[O-])cc1[N+](=O)[O-]. The van der Waals surface area contributed by atoms with Gasteiger partial charge in [0.2, 0.25) is 0 Å². The number of anilines is 1. The second kappa shape index (κ2) is 4.85. The van der Waals surface area contributed by atoms with Crippen LogP contribution in [0.1, 0.15) is 0 Å². The summed E-state index contributed by atoms with van der Waals surface area (Å²) in [6.07, 6.45) is 0. The first-order valence-electron chi connectivity index (χ1n) is 4.16. The Balaban J connectivity index is 3.17. The third-order valence-electron chi connectivity index (χ3n) is 1.77.